The molecule has 0 aliphatic carbocycles. The quantitative estimate of drug-likeness (QED) is 0.728. The van der Waals surface area contributed by atoms with Crippen molar-refractivity contribution in [3.63, 3.8) is 0 Å². The van der Waals surface area contributed by atoms with Crippen LogP contribution in [-0.4, -0.2) is 24.2 Å². The van der Waals surface area contributed by atoms with Gasteiger partial charge in [-0.25, -0.2) is 0 Å². The van der Waals surface area contributed by atoms with Crippen LogP contribution in [0.4, 0.5) is 0 Å². The number of fused-ring (bicyclic) bond motifs is 1. The summed E-state index contributed by atoms with van der Waals surface area (Å²) in [5.41, 5.74) is 1.57. The SMILES string of the molecule is CCCCOC1c2ccccc2C(=O)N1OCC. The van der Waals surface area contributed by atoms with Crippen LogP contribution in [0.25, 0.3) is 0 Å². The predicted octanol–water partition coefficient (Wildman–Crippen LogP) is 2.91. The van der Waals surface area contributed by atoms with Crippen molar-refractivity contribution < 1.29 is 14.4 Å². The van der Waals surface area contributed by atoms with Crippen LogP contribution in [0.5, 0.6) is 0 Å². The van der Waals surface area contributed by atoms with Crippen molar-refractivity contribution in [2.75, 3.05) is 13.2 Å². The molecule has 0 spiro atoms. The summed E-state index contributed by atoms with van der Waals surface area (Å²) in [5, 5.41) is 1.35. The fourth-order valence-electron chi connectivity index (χ4n) is 2.02. The Bertz CT molecular complexity index is 419. The molecule has 0 bridgehead atoms. The highest BCUT2D eigenvalue weighted by Crippen LogP contribution is 2.34. The Morgan fingerprint density at radius 1 is 1.28 bits per heavy atom. The average Bonchev–Trinajstić information content (AvgIpc) is 2.66. The van der Waals surface area contributed by atoms with E-state index >= 15 is 0 Å². The highest BCUT2D eigenvalue weighted by atomic mass is 16.7. The molecule has 1 unspecified atom stereocenters. The van der Waals surface area contributed by atoms with E-state index in [1.807, 2.05) is 31.2 Å². The minimum Gasteiger partial charge on any atom is -0.352 e. The van der Waals surface area contributed by atoms with Gasteiger partial charge in [0.1, 0.15) is 0 Å². The monoisotopic (exact) mass is 249 g/mol. The maximum Gasteiger partial charge on any atom is 0.280 e. The molecular weight excluding hydrogens is 230 g/mol. The highest BCUT2D eigenvalue weighted by molar-refractivity contribution is 5.98. The molecule has 0 saturated carbocycles. The summed E-state index contributed by atoms with van der Waals surface area (Å²) in [4.78, 5) is 17.6. The maximum atomic E-state index is 12.2. The molecule has 98 valence electrons. The van der Waals surface area contributed by atoms with Crippen LogP contribution in [0.1, 0.15) is 48.8 Å². The topological polar surface area (TPSA) is 38.8 Å². The summed E-state index contributed by atoms with van der Waals surface area (Å²) >= 11 is 0. The molecule has 1 heterocycles. The summed E-state index contributed by atoms with van der Waals surface area (Å²) in [6.07, 6.45) is 1.64. The lowest BCUT2D eigenvalue weighted by Crippen LogP contribution is -2.30. The first-order valence-electron chi connectivity index (χ1n) is 6.46. The van der Waals surface area contributed by atoms with Gasteiger partial charge in [-0.1, -0.05) is 31.5 Å². The van der Waals surface area contributed by atoms with E-state index in [4.69, 9.17) is 9.57 Å². The van der Waals surface area contributed by atoms with E-state index in [9.17, 15) is 4.79 Å². The van der Waals surface area contributed by atoms with Crippen molar-refractivity contribution in [3.05, 3.63) is 35.4 Å². The highest BCUT2D eigenvalue weighted by Gasteiger charge is 2.38. The smallest absolute Gasteiger partial charge is 0.280 e. The van der Waals surface area contributed by atoms with Gasteiger partial charge in [-0.3, -0.25) is 9.63 Å². The Morgan fingerprint density at radius 3 is 2.78 bits per heavy atom. The molecule has 1 aliphatic rings. The lowest BCUT2D eigenvalue weighted by Gasteiger charge is -2.23. The van der Waals surface area contributed by atoms with Gasteiger partial charge in [0.2, 0.25) is 0 Å². The molecule has 0 aromatic heterocycles. The lowest BCUT2D eigenvalue weighted by atomic mass is 10.1. The summed E-state index contributed by atoms with van der Waals surface area (Å²) in [6, 6.07) is 7.50. The van der Waals surface area contributed by atoms with E-state index in [1.165, 1.54) is 5.06 Å². The predicted molar refractivity (Wildman–Crippen MR) is 67.8 cm³/mol. The van der Waals surface area contributed by atoms with E-state index in [0.29, 0.717) is 18.8 Å². The number of hydrogen-bond donors (Lipinski definition) is 0. The zero-order valence-corrected chi connectivity index (χ0v) is 10.9. The number of nitrogens with zero attached hydrogens (tertiary/aromatic N) is 1. The number of benzene rings is 1. The molecule has 1 aromatic carbocycles. The first-order chi connectivity index (χ1) is 8.79. The zero-order valence-electron chi connectivity index (χ0n) is 10.9. The van der Waals surface area contributed by atoms with Crippen LogP contribution < -0.4 is 0 Å². The fourth-order valence-corrected chi connectivity index (χ4v) is 2.02. The molecule has 4 heteroatoms. The minimum atomic E-state index is -0.403. The Labute approximate surface area is 107 Å². The number of carbonyl (C=O) groups is 1. The second-order valence-electron chi connectivity index (χ2n) is 4.21. The van der Waals surface area contributed by atoms with Gasteiger partial charge in [0.05, 0.1) is 6.61 Å². The second-order valence-corrected chi connectivity index (χ2v) is 4.21. The summed E-state index contributed by atoms with van der Waals surface area (Å²) in [5.74, 6) is -0.117. The third-order valence-electron chi connectivity index (χ3n) is 2.91. The molecule has 0 N–H and O–H groups in total. The van der Waals surface area contributed by atoms with Crippen molar-refractivity contribution in [3.8, 4) is 0 Å². The fraction of sp³-hybridized carbons (Fsp3) is 0.500. The van der Waals surface area contributed by atoms with Crippen molar-refractivity contribution in [2.45, 2.75) is 32.9 Å². The molecule has 1 atom stereocenters. The minimum absolute atomic E-state index is 0.117. The first kappa shape index (κ1) is 13.1. The Kier molecular flexibility index (Phi) is 4.33. The van der Waals surface area contributed by atoms with Crippen molar-refractivity contribution in [1.29, 1.82) is 0 Å². The van der Waals surface area contributed by atoms with E-state index in [-0.39, 0.29) is 5.91 Å². The molecule has 0 radical (unpaired) electrons. The van der Waals surface area contributed by atoms with Gasteiger partial charge in [0, 0.05) is 17.7 Å². The Hall–Kier alpha value is -1.39. The number of rotatable bonds is 6. The van der Waals surface area contributed by atoms with Crippen LogP contribution in [0.2, 0.25) is 0 Å². The summed E-state index contributed by atoms with van der Waals surface area (Å²) in [6.45, 7) is 5.05. The Morgan fingerprint density at radius 2 is 2.06 bits per heavy atom. The van der Waals surface area contributed by atoms with E-state index in [0.717, 1.165) is 18.4 Å². The summed E-state index contributed by atoms with van der Waals surface area (Å²) in [7, 11) is 0. The van der Waals surface area contributed by atoms with Gasteiger partial charge >= 0.3 is 0 Å². The van der Waals surface area contributed by atoms with Crippen LogP contribution in [0.15, 0.2) is 24.3 Å². The maximum absolute atomic E-state index is 12.2. The normalized spacial score (nSPS) is 18.2. The number of hydrogen-bond acceptors (Lipinski definition) is 3. The number of ether oxygens (including phenoxy) is 1. The molecule has 2 rings (SSSR count). The van der Waals surface area contributed by atoms with Gasteiger partial charge in [-0.05, 0) is 19.4 Å². The van der Waals surface area contributed by atoms with Gasteiger partial charge in [0.25, 0.3) is 5.91 Å². The van der Waals surface area contributed by atoms with Crippen molar-refractivity contribution in [2.24, 2.45) is 0 Å². The zero-order chi connectivity index (χ0) is 13.0. The van der Waals surface area contributed by atoms with Crippen LogP contribution in [0.3, 0.4) is 0 Å². The molecule has 0 saturated heterocycles. The van der Waals surface area contributed by atoms with Gasteiger partial charge in [-0.15, -0.1) is 0 Å². The lowest BCUT2D eigenvalue weighted by molar-refractivity contribution is -0.213. The molecular formula is C14H19NO3. The number of carbonyl (C=O) groups excluding carboxylic acids is 1. The van der Waals surface area contributed by atoms with E-state index in [2.05, 4.69) is 6.92 Å². The molecule has 0 fully saturated rings. The average molecular weight is 249 g/mol. The van der Waals surface area contributed by atoms with Gasteiger partial charge < -0.3 is 4.74 Å². The largest absolute Gasteiger partial charge is 0.352 e. The van der Waals surface area contributed by atoms with Gasteiger partial charge in [-0.2, -0.15) is 5.06 Å². The van der Waals surface area contributed by atoms with E-state index < -0.39 is 6.23 Å². The molecule has 4 nitrogen and oxygen atoms in total. The van der Waals surface area contributed by atoms with E-state index in [1.54, 1.807) is 0 Å². The molecule has 18 heavy (non-hydrogen) atoms. The standard InChI is InChI=1S/C14H19NO3/c1-3-5-10-17-14-12-9-7-6-8-11(12)13(16)15(14)18-4-2/h6-9,14H,3-5,10H2,1-2H3. The van der Waals surface area contributed by atoms with Crippen LogP contribution in [0, 0.1) is 0 Å². The Balaban J connectivity index is 2.19. The first-order valence-corrected chi connectivity index (χ1v) is 6.46. The third-order valence-corrected chi connectivity index (χ3v) is 2.91. The molecule has 1 aromatic rings. The summed E-state index contributed by atoms with van der Waals surface area (Å²) < 4.78 is 5.79. The second kappa shape index (κ2) is 5.98. The van der Waals surface area contributed by atoms with Crippen LogP contribution in [-0.2, 0) is 9.57 Å². The molecule has 1 amide bonds. The van der Waals surface area contributed by atoms with Crippen LogP contribution >= 0.6 is 0 Å². The van der Waals surface area contributed by atoms with Crippen molar-refractivity contribution in [1.82, 2.24) is 5.06 Å². The van der Waals surface area contributed by atoms with Gasteiger partial charge in [0.15, 0.2) is 6.23 Å². The van der Waals surface area contributed by atoms with Crippen molar-refractivity contribution >= 4 is 5.91 Å². The number of hydroxylamine groups is 2. The number of unbranched alkanes of at least 4 members (excludes halogenated alkanes) is 1. The third kappa shape index (κ3) is 2.40. The molecule has 1 aliphatic heterocycles. The number of amides is 1.